The number of benzene rings is 1. The molecule has 0 saturated carbocycles. The third kappa shape index (κ3) is 1.99. The maximum atomic E-state index is 13.3. The molecule has 2 nitrogen and oxygen atoms in total. The molecule has 0 atom stereocenters. The molecule has 0 heterocycles. The van der Waals surface area contributed by atoms with Gasteiger partial charge in [-0.2, -0.15) is 5.26 Å². The second kappa shape index (κ2) is 4.05. The Labute approximate surface area is 80.7 Å². The number of hydrogen-bond donors (Lipinski definition) is 0. The number of ether oxygens (including phenoxy) is 1. The number of methoxy groups -OCH3 is 1. The van der Waals surface area contributed by atoms with Crippen molar-refractivity contribution in [2.75, 3.05) is 7.11 Å². The molecule has 0 aliphatic rings. The van der Waals surface area contributed by atoms with E-state index in [4.69, 9.17) is 10.00 Å². The summed E-state index contributed by atoms with van der Waals surface area (Å²) in [7, 11) is 1.32. The van der Waals surface area contributed by atoms with Gasteiger partial charge in [-0.05, 0) is 12.1 Å². The highest BCUT2D eigenvalue weighted by atomic mass is 19.3. The summed E-state index contributed by atoms with van der Waals surface area (Å²) in [5.41, 5.74) is -0.246. The summed E-state index contributed by atoms with van der Waals surface area (Å²) in [5.74, 6) is -3.05. The predicted molar refractivity (Wildman–Crippen MR) is 47.1 cm³/mol. The second-order valence-corrected chi connectivity index (χ2v) is 2.74. The van der Waals surface area contributed by atoms with Crippen LogP contribution in [0.5, 0.6) is 5.75 Å². The number of nitrogens with zero attached hydrogens (tertiary/aromatic N) is 1. The quantitative estimate of drug-likeness (QED) is 0.746. The molecule has 0 unspecified atom stereocenters. The zero-order chi connectivity index (χ0) is 10.6. The van der Waals surface area contributed by atoms with Gasteiger partial charge in [0.25, 0.3) is 5.92 Å². The highest BCUT2D eigenvalue weighted by molar-refractivity contribution is 5.37. The summed E-state index contributed by atoms with van der Waals surface area (Å²) in [4.78, 5) is 0. The molecule has 0 aliphatic carbocycles. The van der Waals surface area contributed by atoms with E-state index in [9.17, 15) is 8.78 Å². The van der Waals surface area contributed by atoms with Gasteiger partial charge in [0.1, 0.15) is 12.2 Å². The summed E-state index contributed by atoms with van der Waals surface area (Å²) in [5, 5.41) is 8.26. The normalized spacial score (nSPS) is 10.7. The minimum Gasteiger partial charge on any atom is -0.496 e. The number of hydrogen-bond acceptors (Lipinski definition) is 2. The Balaban J connectivity index is 3.11. The van der Waals surface area contributed by atoms with E-state index in [0.29, 0.717) is 0 Å². The van der Waals surface area contributed by atoms with E-state index < -0.39 is 12.3 Å². The molecule has 1 rings (SSSR count). The summed E-state index contributed by atoms with van der Waals surface area (Å²) in [6.07, 6.45) is -0.840. The Kier molecular flexibility index (Phi) is 3.03. The van der Waals surface area contributed by atoms with Gasteiger partial charge in [0.15, 0.2) is 0 Å². The fraction of sp³-hybridized carbons (Fsp3) is 0.300. The maximum Gasteiger partial charge on any atom is 0.289 e. The van der Waals surface area contributed by atoms with Gasteiger partial charge >= 0.3 is 0 Å². The Morgan fingerprint density at radius 3 is 2.64 bits per heavy atom. The molecule has 74 valence electrons. The minimum absolute atomic E-state index is 0.104. The summed E-state index contributed by atoms with van der Waals surface area (Å²) in [6, 6.07) is 7.25. The van der Waals surface area contributed by atoms with Crippen LogP contribution < -0.4 is 4.74 Å². The van der Waals surface area contributed by atoms with Crippen LogP contribution in [-0.2, 0) is 5.92 Å². The highest BCUT2D eigenvalue weighted by Crippen LogP contribution is 2.36. The van der Waals surface area contributed by atoms with Gasteiger partial charge in [0.2, 0.25) is 0 Å². The fourth-order valence-corrected chi connectivity index (χ4v) is 1.14. The minimum atomic E-state index is -3.15. The summed E-state index contributed by atoms with van der Waals surface area (Å²) in [6.45, 7) is 0. The van der Waals surface area contributed by atoms with Crippen molar-refractivity contribution >= 4 is 0 Å². The van der Waals surface area contributed by atoms with Gasteiger partial charge in [-0.15, -0.1) is 0 Å². The summed E-state index contributed by atoms with van der Waals surface area (Å²) >= 11 is 0. The van der Waals surface area contributed by atoms with Gasteiger partial charge < -0.3 is 4.74 Å². The molecule has 4 heteroatoms. The van der Waals surface area contributed by atoms with Gasteiger partial charge in [-0.1, -0.05) is 12.1 Å². The lowest BCUT2D eigenvalue weighted by molar-refractivity contribution is -0.00126. The van der Waals surface area contributed by atoms with Crippen LogP contribution >= 0.6 is 0 Å². The van der Waals surface area contributed by atoms with Crippen molar-refractivity contribution in [3.05, 3.63) is 29.8 Å². The van der Waals surface area contributed by atoms with E-state index >= 15 is 0 Å². The molecule has 14 heavy (non-hydrogen) atoms. The van der Waals surface area contributed by atoms with Crippen LogP contribution in [-0.4, -0.2) is 7.11 Å². The fourth-order valence-electron chi connectivity index (χ4n) is 1.14. The van der Waals surface area contributed by atoms with E-state index in [1.165, 1.54) is 31.4 Å². The zero-order valence-electron chi connectivity index (χ0n) is 7.63. The van der Waals surface area contributed by atoms with Crippen molar-refractivity contribution in [2.24, 2.45) is 0 Å². The van der Waals surface area contributed by atoms with Crippen LogP contribution in [0.15, 0.2) is 24.3 Å². The highest BCUT2D eigenvalue weighted by Gasteiger charge is 2.34. The van der Waals surface area contributed by atoms with E-state index in [1.807, 2.05) is 0 Å². The third-order valence-electron chi connectivity index (χ3n) is 1.80. The first-order valence-corrected chi connectivity index (χ1v) is 4.00. The Morgan fingerprint density at radius 2 is 2.07 bits per heavy atom. The van der Waals surface area contributed by atoms with E-state index in [1.54, 1.807) is 6.07 Å². The van der Waals surface area contributed by atoms with Crippen molar-refractivity contribution in [3.8, 4) is 11.8 Å². The second-order valence-electron chi connectivity index (χ2n) is 2.74. The Bertz CT molecular complexity index is 357. The van der Waals surface area contributed by atoms with Crippen LogP contribution in [0.4, 0.5) is 8.78 Å². The van der Waals surface area contributed by atoms with Crippen molar-refractivity contribution in [1.29, 1.82) is 5.26 Å². The molecule has 0 amide bonds. The first-order valence-electron chi connectivity index (χ1n) is 4.00. The molecule has 1 aromatic carbocycles. The van der Waals surface area contributed by atoms with Crippen molar-refractivity contribution < 1.29 is 13.5 Å². The van der Waals surface area contributed by atoms with Gasteiger partial charge in [0, 0.05) is 0 Å². The topological polar surface area (TPSA) is 33.0 Å². The number of halogens is 2. The molecule has 0 fully saturated rings. The van der Waals surface area contributed by atoms with Crippen LogP contribution in [0.1, 0.15) is 12.0 Å². The maximum absolute atomic E-state index is 13.3. The van der Waals surface area contributed by atoms with Crippen molar-refractivity contribution in [2.45, 2.75) is 12.3 Å². The van der Waals surface area contributed by atoms with E-state index in [2.05, 4.69) is 0 Å². The van der Waals surface area contributed by atoms with Crippen LogP contribution in [0.3, 0.4) is 0 Å². The van der Waals surface area contributed by atoms with Crippen LogP contribution in [0, 0.1) is 11.3 Å². The molecule has 0 aromatic heterocycles. The molecule has 0 saturated heterocycles. The molecular weight excluding hydrogens is 188 g/mol. The van der Waals surface area contributed by atoms with Gasteiger partial charge in [0.05, 0.1) is 18.7 Å². The third-order valence-corrected chi connectivity index (χ3v) is 1.80. The van der Waals surface area contributed by atoms with E-state index in [0.717, 1.165) is 0 Å². The van der Waals surface area contributed by atoms with Crippen molar-refractivity contribution in [1.82, 2.24) is 0 Å². The lowest BCUT2D eigenvalue weighted by Crippen LogP contribution is -2.13. The van der Waals surface area contributed by atoms with Crippen molar-refractivity contribution in [3.63, 3.8) is 0 Å². The number of alkyl halides is 2. The molecule has 0 spiro atoms. The molecule has 0 aliphatic heterocycles. The SMILES string of the molecule is COc1ccccc1C(F)(F)CC#N. The first-order chi connectivity index (χ1) is 6.61. The Hall–Kier alpha value is -1.63. The molecule has 0 radical (unpaired) electrons. The Morgan fingerprint density at radius 1 is 1.43 bits per heavy atom. The first kappa shape index (κ1) is 10.5. The standard InChI is InChI=1S/C10H9F2NO/c1-14-9-5-3-2-4-8(9)10(11,12)6-7-13/h2-5H,6H2,1H3. The lowest BCUT2D eigenvalue weighted by Gasteiger charge is -2.15. The average Bonchev–Trinajstić information content (AvgIpc) is 2.18. The molecule has 0 bridgehead atoms. The van der Waals surface area contributed by atoms with E-state index in [-0.39, 0.29) is 11.3 Å². The average molecular weight is 197 g/mol. The molecule has 0 N–H and O–H groups in total. The molecule has 1 aromatic rings. The number of para-hydroxylation sites is 1. The van der Waals surface area contributed by atoms with Crippen LogP contribution in [0.25, 0.3) is 0 Å². The van der Waals surface area contributed by atoms with Gasteiger partial charge in [-0.3, -0.25) is 0 Å². The lowest BCUT2D eigenvalue weighted by atomic mass is 10.1. The molecular formula is C10H9F2NO. The summed E-state index contributed by atoms with van der Waals surface area (Å²) < 4.78 is 31.4. The smallest absolute Gasteiger partial charge is 0.289 e. The largest absolute Gasteiger partial charge is 0.496 e. The zero-order valence-corrected chi connectivity index (χ0v) is 7.63. The predicted octanol–water partition coefficient (Wildman–Crippen LogP) is 2.70. The number of rotatable bonds is 3. The van der Waals surface area contributed by atoms with Crippen LogP contribution in [0.2, 0.25) is 0 Å². The number of nitriles is 1. The van der Waals surface area contributed by atoms with Gasteiger partial charge in [-0.25, -0.2) is 8.78 Å². The monoisotopic (exact) mass is 197 g/mol.